The topological polar surface area (TPSA) is 108 Å². The number of anilines is 1. The van der Waals surface area contributed by atoms with Crippen molar-refractivity contribution in [3.8, 4) is 6.07 Å². The molecule has 11 heteroatoms. The van der Waals surface area contributed by atoms with Gasteiger partial charge in [-0.1, -0.05) is 0 Å². The third kappa shape index (κ3) is 4.58. The first kappa shape index (κ1) is 23.6. The molecule has 0 aliphatic carbocycles. The lowest BCUT2D eigenvalue weighted by molar-refractivity contribution is -0.137. The van der Waals surface area contributed by atoms with Gasteiger partial charge in [0.15, 0.2) is 0 Å². The Hall–Kier alpha value is -3.55. The number of benzene rings is 1. The third-order valence-electron chi connectivity index (χ3n) is 6.89. The van der Waals surface area contributed by atoms with Crippen LogP contribution >= 0.6 is 0 Å². The van der Waals surface area contributed by atoms with Crippen LogP contribution in [0.4, 0.5) is 18.9 Å². The number of carbonyl (C=O) groups is 2. The third-order valence-corrected chi connectivity index (χ3v) is 6.89. The van der Waals surface area contributed by atoms with E-state index in [1.807, 2.05) is 4.90 Å². The van der Waals surface area contributed by atoms with Crippen LogP contribution in [0.25, 0.3) is 0 Å². The van der Waals surface area contributed by atoms with E-state index < -0.39 is 29.1 Å². The number of alkyl halides is 3. The number of aryl methyl sites for hydroxylation is 1. The summed E-state index contributed by atoms with van der Waals surface area (Å²) in [5.74, 6) is -1.18. The summed E-state index contributed by atoms with van der Waals surface area (Å²) in [7, 11) is 1.72. The van der Waals surface area contributed by atoms with Crippen LogP contribution in [0.3, 0.4) is 0 Å². The molecule has 2 atom stereocenters. The molecular weight excluding hydrogens is 449 g/mol. The predicted octanol–water partition coefficient (Wildman–Crippen LogP) is 2.40. The van der Waals surface area contributed by atoms with E-state index in [-0.39, 0.29) is 24.3 Å². The Balaban J connectivity index is 1.45. The van der Waals surface area contributed by atoms with E-state index >= 15 is 0 Å². The second-order valence-electron chi connectivity index (χ2n) is 8.92. The minimum atomic E-state index is -4.61. The summed E-state index contributed by atoms with van der Waals surface area (Å²) in [5.41, 5.74) is 5.04. The van der Waals surface area contributed by atoms with E-state index in [0.29, 0.717) is 43.9 Å². The van der Waals surface area contributed by atoms with Gasteiger partial charge in [0.2, 0.25) is 5.91 Å². The molecule has 2 saturated heterocycles. The SMILES string of the molecule is Cn1ccc(C(=O)N2CC(C(N)=O)C(C3CCN(c4ccc(C#N)c(C(F)(F)F)c4)CC3)C2)n1. The zero-order valence-corrected chi connectivity index (χ0v) is 18.6. The quantitative estimate of drug-likeness (QED) is 0.732. The Morgan fingerprint density at radius 3 is 2.44 bits per heavy atom. The van der Waals surface area contributed by atoms with Crippen molar-refractivity contribution in [2.24, 2.45) is 30.5 Å². The Bertz CT molecular complexity index is 1130. The van der Waals surface area contributed by atoms with Gasteiger partial charge < -0.3 is 15.5 Å². The maximum Gasteiger partial charge on any atom is 0.417 e. The standard InChI is InChI=1S/C23H25F3N6O2/c1-30-7-6-20(29-30)22(34)32-12-17(18(13-32)21(28)33)14-4-8-31(9-5-14)16-3-2-15(11-27)19(10-16)23(24,25)26/h2-3,6-7,10,14,17-18H,4-5,8-9,12-13H2,1H3,(H2,28,33). The molecule has 3 heterocycles. The number of hydrogen-bond donors (Lipinski definition) is 1. The van der Waals surface area contributed by atoms with Gasteiger partial charge in [-0.25, -0.2) is 0 Å². The molecule has 1 aromatic carbocycles. The number of carbonyl (C=O) groups excluding carboxylic acids is 2. The van der Waals surface area contributed by atoms with Crippen LogP contribution in [-0.2, 0) is 18.0 Å². The van der Waals surface area contributed by atoms with Gasteiger partial charge >= 0.3 is 6.18 Å². The van der Waals surface area contributed by atoms with E-state index in [1.165, 1.54) is 16.8 Å². The zero-order valence-electron chi connectivity index (χ0n) is 18.6. The van der Waals surface area contributed by atoms with Crippen molar-refractivity contribution >= 4 is 17.5 Å². The molecule has 0 radical (unpaired) electrons. The number of amides is 2. The second-order valence-corrected chi connectivity index (χ2v) is 8.92. The lowest BCUT2D eigenvalue weighted by Crippen LogP contribution is -2.40. The molecule has 2 amide bonds. The Kier molecular flexibility index (Phi) is 6.25. The van der Waals surface area contributed by atoms with Gasteiger partial charge in [0, 0.05) is 45.1 Å². The van der Waals surface area contributed by atoms with Crippen LogP contribution in [0.15, 0.2) is 30.5 Å². The number of halogens is 3. The highest BCUT2D eigenvalue weighted by Gasteiger charge is 2.44. The van der Waals surface area contributed by atoms with E-state index in [2.05, 4.69) is 5.10 Å². The predicted molar refractivity (Wildman–Crippen MR) is 116 cm³/mol. The molecule has 2 aliphatic heterocycles. The molecule has 1 aromatic heterocycles. The fourth-order valence-corrected chi connectivity index (χ4v) is 5.11. The summed E-state index contributed by atoms with van der Waals surface area (Å²) in [6, 6.07) is 6.98. The van der Waals surface area contributed by atoms with E-state index in [9.17, 15) is 22.8 Å². The van der Waals surface area contributed by atoms with Gasteiger partial charge in [-0.05, 0) is 48.9 Å². The minimum Gasteiger partial charge on any atom is -0.372 e. The smallest absolute Gasteiger partial charge is 0.372 e. The largest absolute Gasteiger partial charge is 0.417 e. The first-order chi connectivity index (χ1) is 16.1. The van der Waals surface area contributed by atoms with Crippen LogP contribution in [0, 0.1) is 29.1 Å². The summed E-state index contributed by atoms with van der Waals surface area (Å²) < 4.78 is 41.6. The molecule has 180 valence electrons. The average molecular weight is 474 g/mol. The number of nitrogens with zero attached hydrogens (tertiary/aromatic N) is 5. The Labute approximate surface area is 194 Å². The fourth-order valence-electron chi connectivity index (χ4n) is 5.11. The molecule has 0 bridgehead atoms. The van der Waals surface area contributed by atoms with Crippen molar-refractivity contribution < 1.29 is 22.8 Å². The maximum atomic E-state index is 13.3. The lowest BCUT2D eigenvalue weighted by Gasteiger charge is -2.37. The van der Waals surface area contributed by atoms with Crippen molar-refractivity contribution in [2.45, 2.75) is 19.0 Å². The van der Waals surface area contributed by atoms with Crippen molar-refractivity contribution in [1.82, 2.24) is 14.7 Å². The van der Waals surface area contributed by atoms with Crippen molar-refractivity contribution in [1.29, 1.82) is 5.26 Å². The molecule has 0 saturated carbocycles. The summed E-state index contributed by atoms with van der Waals surface area (Å²) in [5, 5.41) is 13.2. The summed E-state index contributed by atoms with van der Waals surface area (Å²) in [4.78, 5) is 28.5. The highest BCUT2D eigenvalue weighted by Crippen LogP contribution is 2.39. The van der Waals surface area contributed by atoms with Crippen LogP contribution < -0.4 is 10.6 Å². The van der Waals surface area contributed by atoms with Crippen LogP contribution in [-0.4, -0.2) is 52.7 Å². The fraction of sp³-hybridized carbons (Fsp3) is 0.478. The molecule has 0 spiro atoms. The summed E-state index contributed by atoms with van der Waals surface area (Å²) in [6.45, 7) is 1.64. The molecule has 2 unspecified atom stereocenters. The van der Waals surface area contributed by atoms with Crippen molar-refractivity contribution in [2.75, 3.05) is 31.1 Å². The monoisotopic (exact) mass is 474 g/mol. The lowest BCUT2D eigenvalue weighted by atomic mass is 9.78. The average Bonchev–Trinajstić information content (AvgIpc) is 3.45. The summed E-state index contributed by atoms with van der Waals surface area (Å²) in [6.07, 6.45) is -1.63. The van der Waals surface area contributed by atoms with E-state index in [4.69, 9.17) is 11.0 Å². The van der Waals surface area contributed by atoms with Gasteiger partial charge in [0.1, 0.15) is 5.69 Å². The number of aromatic nitrogens is 2. The van der Waals surface area contributed by atoms with Crippen molar-refractivity contribution in [3.05, 3.63) is 47.3 Å². The molecule has 2 fully saturated rings. The number of hydrogen-bond acceptors (Lipinski definition) is 5. The molecule has 2 aromatic rings. The van der Waals surface area contributed by atoms with E-state index in [0.717, 1.165) is 6.07 Å². The molecule has 2 N–H and O–H groups in total. The first-order valence-electron chi connectivity index (χ1n) is 11.0. The number of piperidine rings is 1. The van der Waals surface area contributed by atoms with Crippen LogP contribution in [0.1, 0.15) is 34.5 Å². The number of primary amides is 1. The number of rotatable bonds is 4. The Morgan fingerprint density at radius 1 is 1.18 bits per heavy atom. The molecule has 34 heavy (non-hydrogen) atoms. The van der Waals surface area contributed by atoms with Crippen LogP contribution in [0.5, 0.6) is 0 Å². The minimum absolute atomic E-state index is 0.107. The molecule has 4 rings (SSSR count). The molecule has 2 aliphatic rings. The van der Waals surface area contributed by atoms with Crippen LogP contribution in [0.2, 0.25) is 0 Å². The molecule has 8 nitrogen and oxygen atoms in total. The highest BCUT2D eigenvalue weighted by molar-refractivity contribution is 5.93. The second kappa shape index (κ2) is 9.00. The number of nitrogens with two attached hydrogens (primary N) is 1. The van der Waals surface area contributed by atoms with Gasteiger partial charge in [-0.15, -0.1) is 0 Å². The maximum absolute atomic E-state index is 13.3. The van der Waals surface area contributed by atoms with Gasteiger partial charge in [0.25, 0.3) is 5.91 Å². The van der Waals surface area contributed by atoms with E-state index in [1.54, 1.807) is 30.3 Å². The Morgan fingerprint density at radius 2 is 1.88 bits per heavy atom. The summed E-state index contributed by atoms with van der Waals surface area (Å²) >= 11 is 0. The normalized spacial score (nSPS) is 21.5. The van der Waals surface area contributed by atoms with Gasteiger partial charge in [0.05, 0.1) is 23.1 Å². The highest BCUT2D eigenvalue weighted by atomic mass is 19.4. The number of nitriles is 1. The van der Waals surface area contributed by atoms with Crippen molar-refractivity contribution in [3.63, 3.8) is 0 Å². The van der Waals surface area contributed by atoms with Gasteiger partial charge in [-0.2, -0.15) is 23.5 Å². The molecular formula is C23H25F3N6O2. The first-order valence-corrected chi connectivity index (χ1v) is 11.0. The zero-order chi connectivity index (χ0) is 24.6. The number of likely N-dealkylation sites (tertiary alicyclic amines) is 1. The van der Waals surface area contributed by atoms with Gasteiger partial charge in [-0.3, -0.25) is 14.3 Å².